The maximum absolute atomic E-state index is 12.4. The van der Waals surface area contributed by atoms with Crippen LogP contribution in [0.1, 0.15) is 51.4 Å². The van der Waals surface area contributed by atoms with Crippen molar-refractivity contribution in [2.75, 3.05) is 26.2 Å². The van der Waals surface area contributed by atoms with Crippen LogP contribution in [0.15, 0.2) is 0 Å². The van der Waals surface area contributed by atoms with Gasteiger partial charge in [0.1, 0.15) is 0 Å². The molecule has 0 bridgehead atoms. The largest absolute Gasteiger partial charge is 0.390 e. The number of nitrogens with one attached hydrogen (secondary N) is 1. The second kappa shape index (κ2) is 8.63. The summed E-state index contributed by atoms with van der Waals surface area (Å²) < 4.78 is 0. The molecule has 4 heteroatoms. The number of hydrogen-bond acceptors (Lipinski definition) is 3. The number of carbonyl (C=O) groups excluding carboxylic acids is 1. The van der Waals surface area contributed by atoms with Crippen LogP contribution in [-0.2, 0) is 4.79 Å². The van der Waals surface area contributed by atoms with E-state index in [4.69, 9.17) is 5.11 Å². The average Bonchev–Trinajstić information content (AvgIpc) is 2.49. The van der Waals surface area contributed by atoms with Crippen molar-refractivity contribution in [3.05, 3.63) is 6.61 Å². The Labute approximate surface area is 122 Å². The third-order valence-electron chi connectivity index (χ3n) is 4.68. The van der Waals surface area contributed by atoms with E-state index in [0.717, 1.165) is 58.3 Å². The van der Waals surface area contributed by atoms with Crippen LogP contribution in [0.2, 0.25) is 0 Å². The lowest BCUT2D eigenvalue weighted by atomic mass is 9.91. The predicted molar refractivity (Wildman–Crippen MR) is 79.6 cm³/mol. The van der Waals surface area contributed by atoms with Gasteiger partial charge in [0.15, 0.2) is 0 Å². The summed E-state index contributed by atoms with van der Waals surface area (Å²) >= 11 is 0. The first kappa shape index (κ1) is 15.8. The van der Waals surface area contributed by atoms with Gasteiger partial charge in [0.05, 0.1) is 6.61 Å². The maximum Gasteiger partial charge on any atom is 0.222 e. The summed E-state index contributed by atoms with van der Waals surface area (Å²) in [5.74, 6) is 1.54. The Morgan fingerprint density at radius 2 is 2.15 bits per heavy atom. The van der Waals surface area contributed by atoms with Crippen molar-refractivity contribution in [3.8, 4) is 0 Å². The summed E-state index contributed by atoms with van der Waals surface area (Å²) in [7, 11) is 0. The van der Waals surface area contributed by atoms with E-state index in [1.165, 1.54) is 25.9 Å². The molecule has 0 aromatic heterocycles. The number of aliphatic hydroxyl groups is 1. The third-order valence-corrected chi connectivity index (χ3v) is 4.68. The van der Waals surface area contributed by atoms with Gasteiger partial charge < -0.3 is 15.3 Å². The zero-order chi connectivity index (χ0) is 14.2. The van der Waals surface area contributed by atoms with E-state index in [2.05, 4.69) is 10.2 Å². The molecular formula is C16H29N2O2. The molecular weight excluding hydrogens is 252 g/mol. The molecule has 2 N–H and O–H groups in total. The Hall–Kier alpha value is -0.610. The highest BCUT2D eigenvalue weighted by Gasteiger charge is 2.25. The van der Waals surface area contributed by atoms with E-state index in [-0.39, 0.29) is 0 Å². The van der Waals surface area contributed by atoms with Crippen molar-refractivity contribution in [1.29, 1.82) is 0 Å². The first-order valence-corrected chi connectivity index (χ1v) is 8.24. The van der Waals surface area contributed by atoms with Gasteiger partial charge in [-0.3, -0.25) is 4.79 Å². The number of piperidine rings is 2. The molecule has 20 heavy (non-hydrogen) atoms. The van der Waals surface area contributed by atoms with Gasteiger partial charge in [-0.15, -0.1) is 0 Å². The minimum atomic E-state index is 0.358. The monoisotopic (exact) mass is 281 g/mol. The fourth-order valence-electron chi connectivity index (χ4n) is 3.50. The van der Waals surface area contributed by atoms with Crippen molar-refractivity contribution in [1.82, 2.24) is 10.2 Å². The molecule has 0 aromatic carbocycles. The van der Waals surface area contributed by atoms with E-state index in [1.54, 1.807) is 0 Å². The first-order chi connectivity index (χ1) is 9.79. The third kappa shape index (κ3) is 5.06. The maximum atomic E-state index is 12.4. The van der Waals surface area contributed by atoms with Crippen molar-refractivity contribution < 1.29 is 9.90 Å². The normalized spacial score (nSPS) is 27.6. The van der Waals surface area contributed by atoms with E-state index in [1.807, 2.05) is 0 Å². The quantitative estimate of drug-likeness (QED) is 0.735. The molecule has 2 fully saturated rings. The summed E-state index contributed by atoms with van der Waals surface area (Å²) in [5, 5.41) is 12.1. The number of rotatable bonds is 6. The highest BCUT2D eigenvalue weighted by molar-refractivity contribution is 5.76. The number of carbonyl (C=O) groups is 1. The van der Waals surface area contributed by atoms with Gasteiger partial charge in [-0.25, -0.2) is 0 Å². The van der Waals surface area contributed by atoms with Crippen molar-refractivity contribution in [2.24, 2.45) is 11.8 Å². The minimum absolute atomic E-state index is 0.358. The van der Waals surface area contributed by atoms with Gasteiger partial charge in [-0.05, 0) is 63.5 Å². The predicted octanol–water partition coefficient (Wildman–Crippen LogP) is 2.32. The van der Waals surface area contributed by atoms with Crippen molar-refractivity contribution in [2.45, 2.75) is 51.4 Å². The van der Waals surface area contributed by atoms with E-state index in [9.17, 15) is 4.79 Å². The number of unbranched alkanes of at least 4 members (excludes halogenated alkanes) is 1. The van der Waals surface area contributed by atoms with Crippen LogP contribution in [-0.4, -0.2) is 42.1 Å². The number of amides is 1. The Bertz CT molecular complexity index is 290. The highest BCUT2D eigenvalue weighted by atomic mass is 16.2. The molecule has 2 aliphatic rings. The zero-order valence-electron chi connectivity index (χ0n) is 12.5. The topological polar surface area (TPSA) is 52.6 Å². The number of aliphatic hydroxyl groups excluding tert-OH is 1. The molecule has 4 nitrogen and oxygen atoms in total. The second-order valence-electron chi connectivity index (χ2n) is 6.38. The van der Waals surface area contributed by atoms with Crippen LogP contribution in [0, 0.1) is 18.4 Å². The SMILES string of the molecule is O=C(CC1CCCNC1)N1CCC[C@@H](CCC[CH]O)C1. The molecule has 0 spiro atoms. The zero-order valence-corrected chi connectivity index (χ0v) is 12.5. The van der Waals surface area contributed by atoms with Gasteiger partial charge in [-0.2, -0.15) is 0 Å². The van der Waals surface area contributed by atoms with E-state index in [0.29, 0.717) is 17.7 Å². The smallest absolute Gasteiger partial charge is 0.222 e. The van der Waals surface area contributed by atoms with Crippen LogP contribution in [0.5, 0.6) is 0 Å². The Morgan fingerprint density at radius 1 is 1.30 bits per heavy atom. The summed E-state index contributed by atoms with van der Waals surface area (Å²) in [5.41, 5.74) is 0. The molecule has 2 saturated heterocycles. The minimum Gasteiger partial charge on any atom is -0.390 e. The van der Waals surface area contributed by atoms with Crippen LogP contribution in [0.25, 0.3) is 0 Å². The summed E-state index contributed by atoms with van der Waals surface area (Å²) in [6.45, 7) is 5.25. The Balaban J connectivity index is 1.71. The van der Waals surface area contributed by atoms with Gasteiger partial charge >= 0.3 is 0 Å². The van der Waals surface area contributed by atoms with Gasteiger partial charge in [0.2, 0.25) is 5.91 Å². The van der Waals surface area contributed by atoms with E-state index >= 15 is 0 Å². The fourth-order valence-corrected chi connectivity index (χ4v) is 3.50. The van der Waals surface area contributed by atoms with Crippen LogP contribution >= 0.6 is 0 Å². The van der Waals surface area contributed by atoms with Gasteiger partial charge in [0.25, 0.3) is 0 Å². The number of nitrogens with zero attached hydrogens (tertiary/aromatic N) is 1. The second-order valence-corrected chi connectivity index (χ2v) is 6.38. The molecule has 1 amide bonds. The number of likely N-dealkylation sites (tertiary alicyclic amines) is 1. The average molecular weight is 281 g/mol. The van der Waals surface area contributed by atoms with Crippen molar-refractivity contribution in [3.63, 3.8) is 0 Å². The summed E-state index contributed by atoms with van der Waals surface area (Å²) in [4.78, 5) is 14.5. The van der Waals surface area contributed by atoms with E-state index < -0.39 is 0 Å². The van der Waals surface area contributed by atoms with Gasteiger partial charge in [0, 0.05) is 19.5 Å². The standard InChI is InChI=1S/C16H29N2O2/c19-10-2-1-5-14-7-4-9-18(13-14)16(20)11-15-6-3-8-17-12-15/h10,14-15,17,19H,1-9,11-13H2/t14-,15?/m1/s1. The lowest BCUT2D eigenvalue weighted by molar-refractivity contribution is -0.134. The molecule has 115 valence electrons. The van der Waals surface area contributed by atoms with Crippen molar-refractivity contribution >= 4 is 5.91 Å². The molecule has 0 aromatic rings. The molecule has 1 radical (unpaired) electrons. The van der Waals surface area contributed by atoms with Crippen LogP contribution in [0.3, 0.4) is 0 Å². The van der Waals surface area contributed by atoms with Crippen LogP contribution in [0.4, 0.5) is 0 Å². The first-order valence-electron chi connectivity index (χ1n) is 8.24. The van der Waals surface area contributed by atoms with Gasteiger partial charge in [-0.1, -0.05) is 6.42 Å². The Kier molecular flexibility index (Phi) is 6.80. The fraction of sp³-hybridized carbons (Fsp3) is 0.875. The molecule has 1 unspecified atom stereocenters. The lowest BCUT2D eigenvalue weighted by Gasteiger charge is -2.34. The summed E-state index contributed by atoms with van der Waals surface area (Å²) in [6.07, 6.45) is 8.45. The Morgan fingerprint density at radius 3 is 2.90 bits per heavy atom. The van der Waals surface area contributed by atoms with Crippen LogP contribution < -0.4 is 5.32 Å². The number of hydrogen-bond donors (Lipinski definition) is 2. The molecule has 0 saturated carbocycles. The molecule has 2 heterocycles. The molecule has 0 aliphatic carbocycles. The lowest BCUT2D eigenvalue weighted by Crippen LogP contribution is -2.42. The molecule has 2 aliphatic heterocycles. The highest BCUT2D eigenvalue weighted by Crippen LogP contribution is 2.24. The molecule has 2 atom stereocenters. The molecule has 2 rings (SSSR count). The summed E-state index contributed by atoms with van der Waals surface area (Å²) in [6, 6.07) is 0.